The highest BCUT2D eigenvalue weighted by atomic mass is 16.5. The first-order valence-corrected chi connectivity index (χ1v) is 10.1. The number of benzene rings is 1. The molecule has 0 atom stereocenters. The van der Waals surface area contributed by atoms with E-state index >= 15 is 0 Å². The summed E-state index contributed by atoms with van der Waals surface area (Å²) < 4.78 is 6.10. The highest BCUT2D eigenvalue weighted by Crippen LogP contribution is 2.27. The summed E-state index contributed by atoms with van der Waals surface area (Å²) in [5.41, 5.74) is 2.73. The van der Waals surface area contributed by atoms with Gasteiger partial charge in [-0.15, -0.1) is 0 Å². The van der Waals surface area contributed by atoms with Crippen LogP contribution in [0.3, 0.4) is 0 Å². The quantitative estimate of drug-likeness (QED) is 0.367. The molecule has 0 aliphatic heterocycles. The number of nitrogens with zero attached hydrogens (tertiary/aromatic N) is 1. The van der Waals surface area contributed by atoms with E-state index in [1.165, 1.54) is 49.7 Å². The molecule has 25 heavy (non-hydrogen) atoms. The van der Waals surface area contributed by atoms with Gasteiger partial charge in [0.25, 0.3) is 0 Å². The van der Waals surface area contributed by atoms with Crippen LogP contribution in [0.2, 0.25) is 0 Å². The molecule has 1 aromatic carbocycles. The molecule has 0 N–H and O–H groups in total. The smallest absolute Gasteiger partial charge is 0.0908 e. The summed E-state index contributed by atoms with van der Waals surface area (Å²) in [5.74, 6) is 0.566. The Morgan fingerprint density at radius 3 is 2.36 bits per heavy atom. The topological polar surface area (TPSA) is 33.0 Å². The predicted octanol–water partition coefficient (Wildman–Crippen LogP) is 6.35. The van der Waals surface area contributed by atoms with Gasteiger partial charge in [-0.25, -0.2) is 0 Å². The molecule has 0 unspecified atom stereocenters. The lowest BCUT2D eigenvalue weighted by atomic mass is 9.87. The van der Waals surface area contributed by atoms with Crippen LogP contribution in [0.15, 0.2) is 36.4 Å². The molecule has 0 spiro atoms. The minimum atomic E-state index is 0.380. The van der Waals surface area contributed by atoms with Crippen molar-refractivity contribution in [3.8, 4) is 6.07 Å². The Hall–Kier alpha value is -1.59. The fourth-order valence-electron chi connectivity index (χ4n) is 3.58. The van der Waals surface area contributed by atoms with E-state index < -0.39 is 0 Å². The van der Waals surface area contributed by atoms with Crippen molar-refractivity contribution in [1.29, 1.82) is 5.26 Å². The van der Waals surface area contributed by atoms with Crippen molar-refractivity contribution >= 4 is 0 Å². The molecule has 1 aliphatic carbocycles. The number of ether oxygens (including phenoxy) is 1. The van der Waals surface area contributed by atoms with Crippen LogP contribution in [0.25, 0.3) is 0 Å². The first-order chi connectivity index (χ1) is 12.3. The standard InChI is InChI=1S/C23H33NO/c1-2-3-4-5-6-8-20-10-12-22(13-11-20)19-25-23-16-14-21(15-17-23)9-7-18-24/h7,9-13,21,23H,2-6,8,14-17,19H2,1H3/b9-7+/t21-,23-. The fourth-order valence-corrected chi connectivity index (χ4v) is 3.58. The second-order valence-electron chi connectivity index (χ2n) is 7.32. The first kappa shape index (κ1) is 19.7. The van der Waals surface area contributed by atoms with E-state index in [1.807, 2.05) is 0 Å². The maximum absolute atomic E-state index is 8.60. The number of aryl methyl sites for hydroxylation is 1. The van der Waals surface area contributed by atoms with Gasteiger partial charge in [-0.1, -0.05) is 62.9 Å². The largest absolute Gasteiger partial charge is 0.374 e. The van der Waals surface area contributed by atoms with Crippen LogP contribution < -0.4 is 0 Å². The molecular formula is C23H33NO. The Labute approximate surface area is 153 Å². The van der Waals surface area contributed by atoms with Crippen LogP contribution in [0.4, 0.5) is 0 Å². The van der Waals surface area contributed by atoms with Crippen molar-refractivity contribution < 1.29 is 4.74 Å². The number of hydrogen-bond acceptors (Lipinski definition) is 2. The van der Waals surface area contributed by atoms with E-state index in [0.29, 0.717) is 12.0 Å². The molecule has 0 radical (unpaired) electrons. The Morgan fingerprint density at radius 1 is 1.00 bits per heavy atom. The highest BCUT2D eigenvalue weighted by molar-refractivity contribution is 5.22. The number of nitriles is 1. The first-order valence-electron chi connectivity index (χ1n) is 10.1. The summed E-state index contributed by atoms with van der Waals surface area (Å²) in [7, 11) is 0. The van der Waals surface area contributed by atoms with Crippen molar-refractivity contribution in [3.63, 3.8) is 0 Å². The average molecular weight is 340 g/mol. The van der Waals surface area contributed by atoms with Crippen LogP contribution >= 0.6 is 0 Å². The average Bonchev–Trinajstić information content (AvgIpc) is 2.66. The Balaban J connectivity index is 1.63. The monoisotopic (exact) mass is 339 g/mol. The molecule has 0 heterocycles. The molecule has 0 bridgehead atoms. The summed E-state index contributed by atoms with van der Waals surface area (Å²) in [6, 6.07) is 11.1. The van der Waals surface area contributed by atoms with Crippen molar-refractivity contribution in [3.05, 3.63) is 47.5 Å². The van der Waals surface area contributed by atoms with Gasteiger partial charge >= 0.3 is 0 Å². The van der Waals surface area contributed by atoms with Crippen LogP contribution in [0, 0.1) is 17.2 Å². The second-order valence-corrected chi connectivity index (χ2v) is 7.32. The minimum absolute atomic E-state index is 0.380. The van der Waals surface area contributed by atoms with Gasteiger partial charge in [0, 0.05) is 6.08 Å². The van der Waals surface area contributed by atoms with Gasteiger partial charge in [0.05, 0.1) is 18.8 Å². The van der Waals surface area contributed by atoms with E-state index in [9.17, 15) is 0 Å². The molecular weight excluding hydrogens is 306 g/mol. The van der Waals surface area contributed by atoms with Gasteiger partial charge in [0.15, 0.2) is 0 Å². The van der Waals surface area contributed by atoms with Crippen molar-refractivity contribution in [2.75, 3.05) is 0 Å². The van der Waals surface area contributed by atoms with Gasteiger partial charge in [0.2, 0.25) is 0 Å². The maximum atomic E-state index is 8.60. The molecule has 1 aliphatic rings. The van der Waals surface area contributed by atoms with Crippen LogP contribution in [0.5, 0.6) is 0 Å². The van der Waals surface area contributed by atoms with Gasteiger partial charge in [-0.05, 0) is 55.6 Å². The van der Waals surface area contributed by atoms with E-state index in [0.717, 1.165) is 32.3 Å². The fraction of sp³-hybridized carbons (Fsp3) is 0.609. The number of unbranched alkanes of at least 4 members (excludes halogenated alkanes) is 4. The Bertz CT molecular complexity index is 532. The Kier molecular flexibility index (Phi) is 9.37. The van der Waals surface area contributed by atoms with Crippen molar-refractivity contribution in [2.24, 2.45) is 5.92 Å². The molecule has 2 nitrogen and oxygen atoms in total. The lowest BCUT2D eigenvalue weighted by Gasteiger charge is -2.26. The summed E-state index contributed by atoms with van der Waals surface area (Å²) in [6.07, 6.45) is 16.5. The molecule has 0 saturated heterocycles. The van der Waals surface area contributed by atoms with Crippen LogP contribution in [-0.4, -0.2) is 6.10 Å². The lowest BCUT2D eigenvalue weighted by molar-refractivity contribution is 0.0110. The number of hydrogen-bond donors (Lipinski definition) is 0. The summed E-state index contributed by atoms with van der Waals surface area (Å²) in [5, 5.41) is 8.60. The maximum Gasteiger partial charge on any atom is 0.0908 e. The van der Waals surface area contributed by atoms with Gasteiger partial charge in [-0.3, -0.25) is 0 Å². The molecule has 0 amide bonds. The summed E-state index contributed by atoms with van der Waals surface area (Å²) in [6.45, 7) is 2.98. The normalized spacial score (nSPS) is 20.6. The zero-order chi connectivity index (χ0) is 17.7. The van der Waals surface area contributed by atoms with Gasteiger partial charge in [0.1, 0.15) is 0 Å². The molecule has 2 heteroatoms. The van der Waals surface area contributed by atoms with E-state index in [-0.39, 0.29) is 0 Å². The SMILES string of the molecule is CCCCCCCc1ccc(CO[C@H]2CC[C@H](/C=C/C#N)CC2)cc1. The van der Waals surface area contributed by atoms with Gasteiger partial charge < -0.3 is 4.74 Å². The van der Waals surface area contributed by atoms with Crippen molar-refractivity contribution in [1.82, 2.24) is 0 Å². The zero-order valence-electron chi connectivity index (χ0n) is 15.8. The number of rotatable bonds is 10. The lowest BCUT2D eigenvalue weighted by Crippen LogP contribution is -2.20. The van der Waals surface area contributed by atoms with E-state index in [4.69, 9.17) is 10.00 Å². The van der Waals surface area contributed by atoms with Crippen LogP contribution in [0.1, 0.15) is 75.8 Å². The van der Waals surface area contributed by atoms with Gasteiger partial charge in [-0.2, -0.15) is 5.26 Å². The molecule has 2 rings (SSSR count). The zero-order valence-corrected chi connectivity index (χ0v) is 15.8. The third kappa shape index (κ3) is 7.88. The van der Waals surface area contributed by atoms with E-state index in [1.54, 1.807) is 6.08 Å². The summed E-state index contributed by atoms with van der Waals surface area (Å²) in [4.78, 5) is 0. The molecule has 136 valence electrons. The predicted molar refractivity (Wildman–Crippen MR) is 104 cm³/mol. The van der Waals surface area contributed by atoms with E-state index in [2.05, 4.69) is 43.3 Å². The molecule has 1 fully saturated rings. The van der Waals surface area contributed by atoms with Crippen molar-refractivity contribution in [2.45, 2.75) is 83.8 Å². The molecule has 1 aromatic rings. The number of allylic oxidation sites excluding steroid dienone is 2. The Morgan fingerprint density at radius 2 is 1.68 bits per heavy atom. The molecule has 1 saturated carbocycles. The molecule has 0 aromatic heterocycles. The summed E-state index contributed by atoms with van der Waals surface area (Å²) >= 11 is 0. The second kappa shape index (κ2) is 11.9. The highest BCUT2D eigenvalue weighted by Gasteiger charge is 2.19. The van der Waals surface area contributed by atoms with Crippen LogP contribution in [-0.2, 0) is 17.8 Å². The third-order valence-corrected chi connectivity index (χ3v) is 5.24. The minimum Gasteiger partial charge on any atom is -0.374 e. The third-order valence-electron chi connectivity index (χ3n) is 5.24.